The predicted molar refractivity (Wildman–Crippen MR) is 80.1 cm³/mol. The van der Waals surface area contributed by atoms with Gasteiger partial charge in [-0.3, -0.25) is 4.79 Å². The van der Waals surface area contributed by atoms with Gasteiger partial charge in [0.25, 0.3) is 0 Å². The first kappa shape index (κ1) is 15.4. The molecule has 0 heterocycles. The lowest BCUT2D eigenvalue weighted by atomic mass is 9.93. The van der Waals surface area contributed by atoms with E-state index in [2.05, 4.69) is 5.32 Å². The molecular formula is C14H20N2O2S. The standard InChI is InChI=1S/C14H20N2O2S/c1-14(2,13(15)19)10-16-12(17)8-9-18-11-6-4-3-5-7-11/h3-7H,8-10H2,1-2H3,(H2,15,19)(H,16,17). The number of rotatable bonds is 7. The average molecular weight is 280 g/mol. The van der Waals surface area contributed by atoms with Crippen LogP contribution in [0.4, 0.5) is 0 Å². The Bertz CT molecular complexity index is 432. The Hall–Kier alpha value is -1.62. The lowest BCUT2D eigenvalue weighted by molar-refractivity contribution is -0.121. The molecule has 0 aromatic heterocycles. The lowest BCUT2D eigenvalue weighted by Gasteiger charge is -2.23. The van der Waals surface area contributed by atoms with Crippen molar-refractivity contribution >= 4 is 23.1 Å². The van der Waals surface area contributed by atoms with Crippen molar-refractivity contribution < 1.29 is 9.53 Å². The van der Waals surface area contributed by atoms with Crippen molar-refractivity contribution in [3.8, 4) is 5.75 Å². The zero-order valence-electron chi connectivity index (χ0n) is 11.3. The van der Waals surface area contributed by atoms with E-state index >= 15 is 0 Å². The van der Waals surface area contributed by atoms with Gasteiger partial charge in [-0.25, -0.2) is 0 Å². The molecule has 1 amide bonds. The van der Waals surface area contributed by atoms with E-state index < -0.39 is 0 Å². The van der Waals surface area contributed by atoms with Gasteiger partial charge in [-0.15, -0.1) is 0 Å². The Morgan fingerprint density at radius 2 is 2.00 bits per heavy atom. The summed E-state index contributed by atoms with van der Waals surface area (Å²) in [6, 6.07) is 9.40. The number of nitrogens with one attached hydrogen (secondary N) is 1. The Morgan fingerprint density at radius 1 is 1.37 bits per heavy atom. The molecule has 5 heteroatoms. The zero-order valence-corrected chi connectivity index (χ0v) is 12.1. The molecule has 0 unspecified atom stereocenters. The Kier molecular flexibility index (Phi) is 5.76. The number of hydrogen-bond acceptors (Lipinski definition) is 3. The summed E-state index contributed by atoms with van der Waals surface area (Å²) in [6.07, 6.45) is 0.308. The summed E-state index contributed by atoms with van der Waals surface area (Å²) < 4.78 is 5.44. The van der Waals surface area contributed by atoms with E-state index in [4.69, 9.17) is 22.7 Å². The summed E-state index contributed by atoms with van der Waals surface area (Å²) in [5.74, 6) is 0.694. The summed E-state index contributed by atoms with van der Waals surface area (Å²) in [4.78, 5) is 12.0. The van der Waals surface area contributed by atoms with Gasteiger partial charge in [0.15, 0.2) is 0 Å². The molecule has 0 spiro atoms. The summed E-state index contributed by atoms with van der Waals surface area (Å²) in [5.41, 5.74) is 5.22. The SMILES string of the molecule is CC(C)(CNC(=O)CCOc1ccccc1)C(N)=S. The third-order valence-corrected chi connectivity index (χ3v) is 3.29. The Labute approximate surface area is 119 Å². The molecule has 1 rings (SSSR count). The van der Waals surface area contributed by atoms with Crippen molar-refractivity contribution in [2.75, 3.05) is 13.2 Å². The highest BCUT2D eigenvalue weighted by molar-refractivity contribution is 7.80. The number of amides is 1. The molecule has 1 aromatic carbocycles. The number of benzene rings is 1. The zero-order chi connectivity index (χ0) is 14.3. The molecule has 0 saturated heterocycles. The lowest BCUT2D eigenvalue weighted by Crippen LogP contribution is -2.41. The van der Waals surface area contributed by atoms with Gasteiger partial charge in [-0.05, 0) is 12.1 Å². The second-order valence-corrected chi connectivity index (χ2v) is 5.38. The van der Waals surface area contributed by atoms with Gasteiger partial charge >= 0.3 is 0 Å². The Morgan fingerprint density at radius 3 is 2.58 bits per heavy atom. The molecule has 0 radical (unpaired) electrons. The average Bonchev–Trinajstić information content (AvgIpc) is 2.37. The minimum Gasteiger partial charge on any atom is -0.493 e. The number of nitrogens with two attached hydrogens (primary N) is 1. The van der Waals surface area contributed by atoms with Gasteiger partial charge in [0, 0.05) is 12.0 Å². The highest BCUT2D eigenvalue weighted by Crippen LogP contribution is 2.13. The molecule has 0 aliphatic carbocycles. The van der Waals surface area contributed by atoms with Crippen LogP contribution < -0.4 is 15.8 Å². The second kappa shape index (κ2) is 7.09. The monoisotopic (exact) mass is 280 g/mol. The van der Waals surface area contributed by atoms with E-state index in [9.17, 15) is 4.79 Å². The summed E-state index contributed by atoms with van der Waals surface area (Å²) in [7, 11) is 0. The summed E-state index contributed by atoms with van der Waals surface area (Å²) in [6.45, 7) is 4.59. The van der Waals surface area contributed by atoms with Crippen LogP contribution >= 0.6 is 12.2 Å². The first-order chi connectivity index (χ1) is 8.92. The topological polar surface area (TPSA) is 64.3 Å². The fourth-order valence-electron chi connectivity index (χ4n) is 1.27. The van der Waals surface area contributed by atoms with Crippen LogP contribution in [-0.4, -0.2) is 24.0 Å². The van der Waals surface area contributed by atoms with Crippen LogP contribution in [0.25, 0.3) is 0 Å². The molecular weight excluding hydrogens is 260 g/mol. The minimum atomic E-state index is -0.370. The van der Waals surface area contributed by atoms with Crippen molar-refractivity contribution in [3.05, 3.63) is 30.3 Å². The van der Waals surface area contributed by atoms with Crippen LogP contribution in [0, 0.1) is 5.41 Å². The molecule has 1 aromatic rings. The second-order valence-electron chi connectivity index (χ2n) is 4.94. The minimum absolute atomic E-state index is 0.0692. The molecule has 0 saturated carbocycles. The molecule has 3 N–H and O–H groups in total. The number of carbonyl (C=O) groups is 1. The third-order valence-electron chi connectivity index (χ3n) is 2.74. The predicted octanol–water partition coefficient (Wildman–Crippen LogP) is 1.88. The maximum Gasteiger partial charge on any atom is 0.223 e. The number of hydrogen-bond donors (Lipinski definition) is 2. The smallest absolute Gasteiger partial charge is 0.223 e. The first-order valence-corrected chi connectivity index (χ1v) is 6.57. The molecule has 19 heavy (non-hydrogen) atoms. The fourth-order valence-corrected chi connectivity index (χ4v) is 1.35. The quantitative estimate of drug-likeness (QED) is 0.749. The van der Waals surface area contributed by atoms with E-state index in [1.165, 1.54) is 0 Å². The number of carbonyl (C=O) groups excluding carboxylic acids is 1. The number of thiocarbonyl (C=S) groups is 1. The van der Waals surface area contributed by atoms with Crippen molar-refractivity contribution in [2.24, 2.45) is 11.1 Å². The molecule has 104 valence electrons. The van der Waals surface area contributed by atoms with Crippen LogP contribution in [0.1, 0.15) is 20.3 Å². The normalized spacial score (nSPS) is 10.8. The van der Waals surface area contributed by atoms with Crippen molar-refractivity contribution in [1.82, 2.24) is 5.32 Å². The maximum absolute atomic E-state index is 11.6. The van der Waals surface area contributed by atoms with Gasteiger partial charge in [0.2, 0.25) is 5.91 Å². The molecule has 0 aliphatic rings. The highest BCUT2D eigenvalue weighted by atomic mass is 32.1. The van der Waals surface area contributed by atoms with Crippen molar-refractivity contribution in [1.29, 1.82) is 0 Å². The molecule has 0 bridgehead atoms. The van der Waals surface area contributed by atoms with E-state index in [1.807, 2.05) is 44.2 Å². The summed E-state index contributed by atoms with van der Waals surface area (Å²) in [5, 5.41) is 2.80. The van der Waals surface area contributed by atoms with E-state index in [0.29, 0.717) is 24.6 Å². The van der Waals surface area contributed by atoms with Gasteiger partial charge in [0.05, 0.1) is 18.0 Å². The fraction of sp³-hybridized carbons (Fsp3) is 0.429. The van der Waals surface area contributed by atoms with Crippen LogP contribution in [0.5, 0.6) is 5.75 Å². The molecule has 0 aliphatic heterocycles. The van der Waals surface area contributed by atoms with Crippen LogP contribution in [0.15, 0.2) is 30.3 Å². The molecule has 0 atom stereocenters. The number of para-hydroxylation sites is 1. The van der Waals surface area contributed by atoms with Gasteiger partial charge in [-0.1, -0.05) is 44.3 Å². The van der Waals surface area contributed by atoms with E-state index in [1.54, 1.807) is 0 Å². The highest BCUT2D eigenvalue weighted by Gasteiger charge is 2.21. The molecule has 4 nitrogen and oxygen atoms in total. The van der Waals surface area contributed by atoms with Crippen LogP contribution in [0.3, 0.4) is 0 Å². The van der Waals surface area contributed by atoms with Gasteiger partial charge in [0.1, 0.15) is 5.75 Å². The third kappa shape index (κ3) is 5.70. The number of ether oxygens (including phenoxy) is 1. The largest absolute Gasteiger partial charge is 0.493 e. The van der Waals surface area contributed by atoms with Gasteiger partial charge < -0.3 is 15.8 Å². The molecule has 0 fully saturated rings. The summed E-state index contributed by atoms with van der Waals surface area (Å²) >= 11 is 4.94. The van der Waals surface area contributed by atoms with E-state index in [-0.39, 0.29) is 11.3 Å². The van der Waals surface area contributed by atoms with E-state index in [0.717, 1.165) is 5.75 Å². The van der Waals surface area contributed by atoms with Crippen LogP contribution in [0.2, 0.25) is 0 Å². The van der Waals surface area contributed by atoms with Gasteiger partial charge in [-0.2, -0.15) is 0 Å². The Balaban J connectivity index is 2.24. The van der Waals surface area contributed by atoms with Crippen LogP contribution in [-0.2, 0) is 4.79 Å². The maximum atomic E-state index is 11.6. The van der Waals surface area contributed by atoms with Crippen molar-refractivity contribution in [3.63, 3.8) is 0 Å². The first-order valence-electron chi connectivity index (χ1n) is 6.16. The van der Waals surface area contributed by atoms with Crippen molar-refractivity contribution in [2.45, 2.75) is 20.3 Å².